The van der Waals surface area contributed by atoms with Crippen molar-refractivity contribution >= 4 is 44.4 Å². The smallest absolute Gasteiger partial charge is 0.222 e. The predicted molar refractivity (Wildman–Crippen MR) is 126 cm³/mol. The number of rotatable bonds is 7. The van der Waals surface area contributed by atoms with E-state index in [0.29, 0.717) is 6.42 Å². The molecule has 0 N–H and O–H groups in total. The number of nitrogens with zero attached hydrogens (tertiary/aromatic N) is 3. The number of thioether (sulfide) groups is 1. The number of aryl methyl sites for hydroxylation is 1. The van der Waals surface area contributed by atoms with E-state index in [1.54, 1.807) is 18.4 Å². The summed E-state index contributed by atoms with van der Waals surface area (Å²) in [6, 6.07) is 14.4. The molecule has 0 spiro atoms. The van der Waals surface area contributed by atoms with Crippen LogP contribution in [0.3, 0.4) is 0 Å². The number of hydrogen-bond donors (Lipinski definition) is 0. The highest BCUT2D eigenvalue weighted by atomic mass is 32.2. The molecule has 1 saturated heterocycles. The number of ether oxygens (including phenoxy) is 1. The highest BCUT2D eigenvalue weighted by molar-refractivity contribution is 7.99. The highest BCUT2D eigenvalue weighted by Crippen LogP contribution is 2.36. The first-order valence-corrected chi connectivity index (χ1v) is 12.1. The normalized spacial score (nSPS) is 14.3. The summed E-state index contributed by atoms with van der Waals surface area (Å²) in [5.74, 6) is 2.06. The maximum absolute atomic E-state index is 12.6. The molecule has 2 aromatic carbocycles. The van der Waals surface area contributed by atoms with Gasteiger partial charge >= 0.3 is 0 Å². The van der Waals surface area contributed by atoms with E-state index in [0.717, 1.165) is 54.8 Å². The summed E-state index contributed by atoms with van der Waals surface area (Å²) in [7, 11) is 1.69. The Morgan fingerprint density at radius 3 is 2.63 bits per heavy atom. The minimum Gasteiger partial charge on any atom is -0.494 e. The van der Waals surface area contributed by atoms with Gasteiger partial charge in [0, 0.05) is 37.5 Å². The molecule has 0 bridgehead atoms. The van der Waals surface area contributed by atoms with E-state index in [4.69, 9.17) is 9.72 Å². The van der Waals surface area contributed by atoms with Crippen molar-refractivity contribution in [2.45, 2.75) is 24.7 Å². The number of anilines is 1. The molecule has 3 aromatic rings. The molecule has 0 aliphatic carbocycles. The van der Waals surface area contributed by atoms with E-state index in [2.05, 4.69) is 42.2 Å². The second-order valence-corrected chi connectivity index (χ2v) is 9.54. The summed E-state index contributed by atoms with van der Waals surface area (Å²) >= 11 is 3.53. The van der Waals surface area contributed by atoms with Gasteiger partial charge in [-0.1, -0.05) is 35.6 Å². The molecule has 1 aliphatic heterocycles. The number of amides is 1. The Labute approximate surface area is 186 Å². The first-order chi connectivity index (χ1) is 14.7. The van der Waals surface area contributed by atoms with Crippen molar-refractivity contribution in [2.24, 2.45) is 0 Å². The van der Waals surface area contributed by atoms with Crippen LogP contribution >= 0.6 is 23.1 Å². The third-order valence-electron chi connectivity index (χ3n) is 5.36. The Morgan fingerprint density at radius 2 is 1.90 bits per heavy atom. The van der Waals surface area contributed by atoms with Gasteiger partial charge in [0.2, 0.25) is 5.91 Å². The van der Waals surface area contributed by atoms with Crippen molar-refractivity contribution in [3.63, 3.8) is 0 Å². The number of fused-ring (bicyclic) bond motifs is 1. The summed E-state index contributed by atoms with van der Waals surface area (Å²) in [6.45, 7) is 5.28. The second-order valence-electron chi connectivity index (χ2n) is 7.39. The number of benzene rings is 2. The van der Waals surface area contributed by atoms with Gasteiger partial charge in [0.15, 0.2) is 5.13 Å². The van der Waals surface area contributed by atoms with Gasteiger partial charge in [0.05, 0.1) is 11.8 Å². The van der Waals surface area contributed by atoms with Crippen LogP contribution in [0.5, 0.6) is 5.75 Å². The highest BCUT2D eigenvalue weighted by Gasteiger charge is 2.23. The van der Waals surface area contributed by atoms with Crippen LogP contribution in [-0.2, 0) is 4.79 Å². The van der Waals surface area contributed by atoms with E-state index in [-0.39, 0.29) is 5.91 Å². The summed E-state index contributed by atoms with van der Waals surface area (Å²) < 4.78 is 6.66. The summed E-state index contributed by atoms with van der Waals surface area (Å²) in [6.07, 6.45) is 1.53. The van der Waals surface area contributed by atoms with Crippen molar-refractivity contribution in [3.8, 4) is 5.75 Å². The molecule has 1 aromatic heterocycles. The van der Waals surface area contributed by atoms with Gasteiger partial charge in [-0.25, -0.2) is 4.98 Å². The molecule has 0 unspecified atom stereocenters. The zero-order valence-electron chi connectivity index (χ0n) is 17.5. The van der Waals surface area contributed by atoms with Crippen molar-refractivity contribution in [1.82, 2.24) is 9.88 Å². The van der Waals surface area contributed by atoms with Crippen molar-refractivity contribution in [2.75, 3.05) is 43.9 Å². The maximum atomic E-state index is 12.6. The summed E-state index contributed by atoms with van der Waals surface area (Å²) in [4.78, 5) is 23.0. The molecule has 1 aliphatic rings. The Kier molecular flexibility index (Phi) is 6.79. The number of carbonyl (C=O) groups is 1. The monoisotopic (exact) mass is 441 g/mol. The van der Waals surface area contributed by atoms with Crippen LogP contribution in [0.1, 0.15) is 18.4 Å². The van der Waals surface area contributed by atoms with Crippen molar-refractivity contribution in [1.29, 1.82) is 0 Å². The molecular weight excluding hydrogens is 414 g/mol. The van der Waals surface area contributed by atoms with E-state index in [1.165, 1.54) is 15.2 Å². The molecule has 1 amide bonds. The van der Waals surface area contributed by atoms with Gasteiger partial charge in [-0.05, 0) is 42.9 Å². The lowest BCUT2D eigenvalue weighted by molar-refractivity contribution is -0.131. The maximum Gasteiger partial charge on any atom is 0.222 e. The van der Waals surface area contributed by atoms with Crippen LogP contribution in [0.15, 0.2) is 47.4 Å². The van der Waals surface area contributed by atoms with Crippen molar-refractivity contribution < 1.29 is 9.53 Å². The lowest BCUT2D eigenvalue weighted by Crippen LogP contribution is -2.48. The molecule has 2 heterocycles. The largest absolute Gasteiger partial charge is 0.494 e. The first kappa shape index (κ1) is 21.0. The average Bonchev–Trinajstić information content (AvgIpc) is 3.24. The van der Waals surface area contributed by atoms with Gasteiger partial charge in [0.1, 0.15) is 11.3 Å². The SMILES string of the molecule is COc1ccc(C)c2sc(N3CCN(C(=O)CCCSc4ccccc4)CC3)nc12. The number of methoxy groups -OCH3 is 1. The van der Waals surface area contributed by atoms with E-state index in [1.807, 2.05) is 28.8 Å². The third kappa shape index (κ3) is 4.73. The molecule has 0 atom stereocenters. The number of hydrogen-bond acceptors (Lipinski definition) is 6. The zero-order chi connectivity index (χ0) is 20.9. The average molecular weight is 442 g/mol. The predicted octanol–water partition coefficient (Wildman–Crippen LogP) is 4.83. The van der Waals surface area contributed by atoms with Gasteiger partial charge in [0.25, 0.3) is 0 Å². The topological polar surface area (TPSA) is 45.7 Å². The van der Waals surface area contributed by atoms with Gasteiger partial charge < -0.3 is 14.5 Å². The van der Waals surface area contributed by atoms with Crippen LogP contribution in [-0.4, -0.2) is 54.8 Å². The van der Waals surface area contributed by atoms with E-state index in [9.17, 15) is 4.79 Å². The number of aromatic nitrogens is 1. The molecule has 5 nitrogen and oxygen atoms in total. The quantitative estimate of drug-likeness (QED) is 0.388. The van der Waals surface area contributed by atoms with E-state index >= 15 is 0 Å². The van der Waals surface area contributed by atoms with Gasteiger partial charge in [-0.15, -0.1) is 11.8 Å². The standard InChI is InChI=1S/C23H27N3O2S2/c1-17-10-11-19(28-2)21-22(17)30-23(24-21)26-14-12-25(13-15-26)20(27)9-6-16-29-18-7-4-3-5-8-18/h3-5,7-8,10-11H,6,9,12-16H2,1-2H3. The molecule has 0 radical (unpaired) electrons. The van der Waals surface area contributed by atoms with Crippen LogP contribution in [0, 0.1) is 6.92 Å². The van der Waals surface area contributed by atoms with E-state index < -0.39 is 0 Å². The minimum atomic E-state index is 0.269. The Balaban J connectivity index is 1.28. The minimum absolute atomic E-state index is 0.269. The number of thiazole rings is 1. The zero-order valence-corrected chi connectivity index (χ0v) is 19.1. The van der Waals surface area contributed by atoms with Crippen LogP contribution in [0.4, 0.5) is 5.13 Å². The fourth-order valence-electron chi connectivity index (χ4n) is 3.63. The molecule has 158 valence electrons. The van der Waals surface area contributed by atoms with Crippen LogP contribution < -0.4 is 9.64 Å². The molecule has 0 saturated carbocycles. The van der Waals surface area contributed by atoms with Crippen molar-refractivity contribution in [3.05, 3.63) is 48.0 Å². The van der Waals surface area contributed by atoms with Crippen LogP contribution in [0.2, 0.25) is 0 Å². The molecule has 30 heavy (non-hydrogen) atoms. The molecule has 4 rings (SSSR count). The van der Waals surface area contributed by atoms with Gasteiger partial charge in [-0.3, -0.25) is 4.79 Å². The first-order valence-electron chi connectivity index (χ1n) is 10.3. The fourth-order valence-corrected chi connectivity index (χ4v) is 5.61. The molecule has 7 heteroatoms. The third-order valence-corrected chi connectivity index (χ3v) is 7.71. The molecule has 1 fully saturated rings. The summed E-state index contributed by atoms with van der Waals surface area (Å²) in [5, 5.41) is 1.02. The Bertz CT molecular complexity index is 998. The molecular formula is C23H27N3O2S2. The van der Waals surface area contributed by atoms with Crippen LogP contribution in [0.25, 0.3) is 10.2 Å². The summed E-state index contributed by atoms with van der Waals surface area (Å²) in [5.41, 5.74) is 2.16. The number of piperazine rings is 1. The van der Waals surface area contributed by atoms with Gasteiger partial charge in [-0.2, -0.15) is 0 Å². The Morgan fingerprint density at radius 1 is 1.13 bits per heavy atom. The Hall–Kier alpha value is -2.25. The lowest BCUT2D eigenvalue weighted by atomic mass is 10.2. The number of carbonyl (C=O) groups excluding carboxylic acids is 1. The second kappa shape index (κ2) is 9.71. The lowest BCUT2D eigenvalue weighted by Gasteiger charge is -2.34. The fraction of sp³-hybridized carbons (Fsp3) is 0.391.